The Bertz CT molecular complexity index is 464. The quantitative estimate of drug-likeness (QED) is 0.745. The zero-order chi connectivity index (χ0) is 12.1. The second-order valence-electron chi connectivity index (χ2n) is 3.66. The van der Waals surface area contributed by atoms with Crippen molar-refractivity contribution in [3.05, 3.63) is 72.9 Å². The third-order valence-corrected chi connectivity index (χ3v) is 2.28. The molecule has 0 aliphatic rings. The molecule has 1 heteroatoms. The number of hydrogen-bond acceptors (Lipinski definition) is 1. The van der Waals surface area contributed by atoms with Crippen molar-refractivity contribution in [2.45, 2.75) is 6.92 Å². The summed E-state index contributed by atoms with van der Waals surface area (Å²) in [5.41, 5.74) is 3.61. The molecule has 0 spiro atoms. The summed E-state index contributed by atoms with van der Waals surface area (Å²) in [6.07, 6.45) is 3.65. The lowest BCUT2D eigenvalue weighted by Crippen LogP contribution is -1.83. The highest BCUT2D eigenvalue weighted by Gasteiger charge is 2.00. The molecule has 0 atom stereocenters. The highest BCUT2D eigenvalue weighted by Crippen LogP contribution is 2.22. The smallest absolute Gasteiger partial charge is 0.116 e. The Hall–Kier alpha value is -2.02. The molecular formula is C15H16O. The van der Waals surface area contributed by atoms with E-state index in [9.17, 15) is 5.11 Å². The summed E-state index contributed by atoms with van der Waals surface area (Å²) >= 11 is 0. The van der Waals surface area contributed by atoms with Gasteiger partial charge in [0.2, 0.25) is 0 Å². The average Bonchev–Trinajstić information content (AvgIpc) is 2.25. The number of benzene rings is 1. The van der Waals surface area contributed by atoms with Crippen molar-refractivity contribution in [2.24, 2.45) is 0 Å². The van der Waals surface area contributed by atoms with Crippen LogP contribution in [-0.2, 0) is 0 Å². The molecule has 1 nitrogen and oxygen atoms in total. The van der Waals surface area contributed by atoms with Crippen LogP contribution in [0.3, 0.4) is 0 Å². The van der Waals surface area contributed by atoms with E-state index in [2.05, 4.69) is 19.7 Å². The van der Waals surface area contributed by atoms with Crippen molar-refractivity contribution in [1.82, 2.24) is 0 Å². The summed E-state index contributed by atoms with van der Waals surface area (Å²) in [5, 5.41) is 9.40. The van der Waals surface area contributed by atoms with E-state index in [0.717, 1.165) is 22.3 Å². The lowest BCUT2D eigenvalue weighted by molar-refractivity contribution is 0.475. The fraction of sp³-hybridized carbons (Fsp3) is 0.0667. The van der Waals surface area contributed by atoms with Crippen LogP contribution in [-0.4, -0.2) is 5.11 Å². The SMILES string of the molecule is C=C/C(=C\C(=C)C(=C)C)c1cccc(O)c1. The van der Waals surface area contributed by atoms with Crippen LogP contribution in [0.25, 0.3) is 5.57 Å². The van der Waals surface area contributed by atoms with Crippen molar-refractivity contribution in [2.75, 3.05) is 0 Å². The summed E-state index contributed by atoms with van der Waals surface area (Å²) in [6.45, 7) is 13.4. The Labute approximate surface area is 96.8 Å². The van der Waals surface area contributed by atoms with Gasteiger partial charge < -0.3 is 5.11 Å². The number of allylic oxidation sites excluding steroid dienone is 5. The number of rotatable bonds is 4. The third kappa shape index (κ3) is 2.99. The van der Waals surface area contributed by atoms with Gasteiger partial charge in [0.25, 0.3) is 0 Å². The topological polar surface area (TPSA) is 20.2 Å². The van der Waals surface area contributed by atoms with Gasteiger partial charge in [0.05, 0.1) is 0 Å². The molecule has 0 bridgehead atoms. The summed E-state index contributed by atoms with van der Waals surface area (Å²) < 4.78 is 0. The maximum atomic E-state index is 9.40. The van der Waals surface area contributed by atoms with Crippen molar-refractivity contribution in [3.63, 3.8) is 0 Å². The van der Waals surface area contributed by atoms with Crippen LogP contribution in [0.5, 0.6) is 5.75 Å². The Morgan fingerprint density at radius 3 is 2.50 bits per heavy atom. The molecule has 1 aromatic carbocycles. The van der Waals surface area contributed by atoms with Crippen LogP contribution in [0.15, 0.2) is 67.3 Å². The Kier molecular flexibility index (Phi) is 3.90. The minimum atomic E-state index is 0.242. The van der Waals surface area contributed by atoms with E-state index >= 15 is 0 Å². The first-order chi connectivity index (χ1) is 7.54. The van der Waals surface area contributed by atoms with Crippen molar-refractivity contribution in [3.8, 4) is 5.75 Å². The highest BCUT2D eigenvalue weighted by atomic mass is 16.3. The van der Waals surface area contributed by atoms with Gasteiger partial charge in [-0.05, 0) is 41.8 Å². The van der Waals surface area contributed by atoms with E-state index < -0.39 is 0 Å². The molecule has 0 amide bonds. The predicted octanol–water partition coefficient (Wildman–Crippen LogP) is 4.09. The van der Waals surface area contributed by atoms with Crippen LogP contribution >= 0.6 is 0 Å². The van der Waals surface area contributed by atoms with Gasteiger partial charge >= 0.3 is 0 Å². The molecule has 1 rings (SSSR count). The van der Waals surface area contributed by atoms with Crippen LogP contribution < -0.4 is 0 Å². The summed E-state index contributed by atoms with van der Waals surface area (Å²) in [6, 6.07) is 7.04. The summed E-state index contributed by atoms with van der Waals surface area (Å²) in [4.78, 5) is 0. The van der Waals surface area contributed by atoms with Gasteiger partial charge in [0.15, 0.2) is 0 Å². The fourth-order valence-corrected chi connectivity index (χ4v) is 1.26. The molecule has 0 saturated carbocycles. The van der Waals surface area contributed by atoms with Crippen LogP contribution in [0, 0.1) is 0 Å². The molecule has 0 aliphatic carbocycles. The molecule has 0 heterocycles. The monoisotopic (exact) mass is 212 g/mol. The normalized spacial score (nSPS) is 10.9. The zero-order valence-corrected chi connectivity index (χ0v) is 9.53. The van der Waals surface area contributed by atoms with Gasteiger partial charge in [-0.1, -0.05) is 43.5 Å². The van der Waals surface area contributed by atoms with Gasteiger partial charge in [0, 0.05) is 0 Å². The molecule has 82 valence electrons. The molecule has 0 saturated heterocycles. The molecule has 1 N–H and O–H groups in total. The van der Waals surface area contributed by atoms with Crippen LogP contribution in [0.1, 0.15) is 12.5 Å². The predicted molar refractivity (Wildman–Crippen MR) is 70.2 cm³/mol. The first-order valence-corrected chi connectivity index (χ1v) is 5.03. The van der Waals surface area contributed by atoms with Gasteiger partial charge in [-0.25, -0.2) is 0 Å². The minimum Gasteiger partial charge on any atom is -0.508 e. The first kappa shape index (κ1) is 12.1. The average molecular weight is 212 g/mol. The van der Waals surface area contributed by atoms with E-state index in [1.165, 1.54) is 0 Å². The molecule has 0 aromatic heterocycles. The Morgan fingerprint density at radius 1 is 1.31 bits per heavy atom. The number of phenols is 1. The number of hydrogen-bond donors (Lipinski definition) is 1. The minimum absolute atomic E-state index is 0.242. The summed E-state index contributed by atoms with van der Waals surface area (Å²) in [5.74, 6) is 0.242. The zero-order valence-electron chi connectivity index (χ0n) is 9.53. The first-order valence-electron chi connectivity index (χ1n) is 5.03. The van der Waals surface area contributed by atoms with E-state index in [-0.39, 0.29) is 5.75 Å². The van der Waals surface area contributed by atoms with Gasteiger partial charge in [-0.2, -0.15) is 0 Å². The van der Waals surface area contributed by atoms with Crippen LogP contribution in [0.2, 0.25) is 0 Å². The van der Waals surface area contributed by atoms with E-state index in [0.29, 0.717) is 0 Å². The summed E-state index contributed by atoms with van der Waals surface area (Å²) in [7, 11) is 0. The second-order valence-corrected chi connectivity index (χ2v) is 3.66. The van der Waals surface area contributed by atoms with E-state index in [1.807, 2.05) is 19.1 Å². The highest BCUT2D eigenvalue weighted by molar-refractivity contribution is 5.77. The lowest BCUT2D eigenvalue weighted by atomic mass is 10.0. The van der Waals surface area contributed by atoms with Crippen LogP contribution in [0.4, 0.5) is 0 Å². The second kappa shape index (κ2) is 5.17. The molecule has 16 heavy (non-hydrogen) atoms. The number of phenolic OH excluding ortho intramolecular Hbond substituents is 1. The van der Waals surface area contributed by atoms with Gasteiger partial charge in [-0.3, -0.25) is 0 Å². The Morgan fingerprint density at radius 2 is 2.00 bits per heavy atom. The molecular weight excluding hydrogens is 196 g/mol. The third-order valence-electron chi connectivity index (χ3n) is 2.28. The van der Waals surface area contributed by atoms with E-state index in [1.54, 1.807) is 24.3 Å². The maximum Gasteiger partial charge on any atom is 0.116 e. The van der Waals surface area contributed by atoms with Crippen molar-refractivity contribution >= 4 is 5.57 Å². The maximum absolute atomic E-state index is 9.40. The molecule has 0 fully saturated rings. The van der Waals surface area contributed by atoms with Crippen molar-refractivity contribution < 1.29 is 5.11 Å². The van der Waals surface area contributed by atoms with Gasteiger partial charge in [0.1, 0.15) is 5.75 Å². The Balaban J connectivity index is 3.13. The molecule has 0 radical (unpaired) electrons. The molecule has 0 unspecified atom stereocenters. The lowest BCUT2D eigenvalue weighted by Gasteiger charge is -2.05. The fourth-order valence-electron chi connectivity index (χ4n) is 1.26. The van der Waals surface area contributed by atoms with E-state index in [4.69, 9.17) is 0 Å². The number of aromatic hydroxyl groups is 1. The van der Waals surface area contributed by atoms with Gasteiger partial charge in [-0.15, -0.1) is 0 Å². The van der Waals surface area contributed by atoms with Crippen molar-refractivity contribution in [1.29, 1.82) is 0 Å². The largest absolute Gasteiger partial charge is 0.508 e. The standard InChI is InChI=1S/C15H16O/c1-5-13(9-12(4)11(2)3)14-7-6-8-15(16)10-14/h5-10,16H,1-2,4H2,3H3/b13-9+. The molecule has 0 aliphatic heterocycles. The molecule has 1 aromatic rings.